The lowest BCUT2D eigenvalue weighted by molar-refractivity contribution is 0.0670. The molecule has 50 heavy (non-hydrogen) atoms. The summed E-state index contributed by atoms with van der Waals surface area (Å²) < 4.78 is 0. The first-order chi connectivity index (χ1) is 24.5. The van der Waals surface area contributed by atoms with Crippen molar-refractivity contribution >= 4 is 0 Å². The molecule has 6 rings (SSSR count). The summed E-state index contributed by atoms with van der Waals surface area (Å²) in [5.74, 6) is 4.92. The topological polar surface area (TPSA) is 3.24 Å². The summed E-state index contributed by atoms with van der Waals surface area (Å²) in [5, 5.41) is 0. The van der Waals surface area contributed by atoms with Crippen LogP contribution in [0.3, 0.4) is 0 Å². The summed E-state index contributed by atoms with van der Waals surface area (Å²) in [6.07, 6.45) is 45.5. The standard InChI is InChI=1S/C49H77N/c1-6-9-12-20-37(5)48-44-27-17-18-28-45(44)49(40-24-13-11-14-25-40)47-35-43(31-32-46(47)48)50(33-19-26-39-23-16-15-22-38(39)8-3)42-30-29-36(4)41(34-42)21-10-7-2/h10,12,20-21,26,36,38,40-43,45,49H,5-9,11,13-19,22-25,27-35H2,1-4H3/b20-12-,21-10-,39-26-. The monoisotopic (exact) mass is 680 g/mol. The first-order valence-electron chi connectivity index (χ1n) is 22.5. The van der Waals surface area contributed by atoms with Gasteiger partial charge in [0.1, 0.15) is 0 Å². The minimum atomic E-state index is 0.705. The highest BCUT2D eigenvalue weighted by Crippen LogP contribution is 2.56. The van der Waals surface area contributed by atoms with E-state index in [9.17, 15) is 0 Å². The van der Waals surface area contributed by atoms with E-state index in [1.165, 1.54) is 166 Å². The van der Waals surface area contributed by atoms with Gasteiger partial charge in [-0.1, -0.05) is 120 Å². The smallest absolute Gasteiger partial charge is 0.0139 e. The molecule has 0 bridgehead atoms. The Morgan fingerprint density at radius 3 is 2.38 bits per heavy atom. The van der Waals surface area contributed by atoms with Gasteiger partial charge in [-0.2, -0.15) is 0 Å². The van der Waals surface area contributed by atoms with Crippen molar-refractivity contribution < 1.29 is 0 Å². The molecule has 0 aliphatic heterocycles. The maximum absolute atomic E-state index is 4.83. The molecule has 7 atom stereocenters. The number of unbranched alkanes of at least 4 members (excludes halogenated alkanes) is 1. The molecule has 1 nitrogen and oxygen atoms in total. The molecule has 1 heteroatoms. The number of rotatable bonds is 13. The number of hydrogen-bond acceptors (Lipinski definition) is 1. The van der Waals surface area contributed by atoms with E-state index in [-0.39, 0.29) is 0 Å². The van der Waals surface area contributed by atoms with Gasteiger partial charge in [-0.15, -0.1) is 0 Å². The van der Waals surface area contributed by atoms with E-state index < -0.39 is 0 Å². The summed E-state index contributed by atoms with van der Waals surface area (Å²) in [5.41, 5.74) is 10.4. The normalized spacial score (nSPS) is 33.9. The van der Waals surface area contributed by atoms with Gasteiger partial charge in [-0.25, -0.2) is 0 Å². The third-order valence-corrected chi connectivity index (χ3v) is 14.8. The minimum absolute atomic E-state index is 0.705. The van der Waals surface area contributed by atoms with E-state index >= 15 is 0 Å². The number of fused-ring (bicyclic) bond motifs is 1. The first kappa shape index (κ1) is 38.1. The zero-order chi connectivity index (χ0) is 34.9. The van der Waals surface area contributed by atoms with Gasteiger partial charge in [0.15, 0.2) is 0 Å². The van der Waals surface area contributed by atoms with E-state index in [2.05, 4.69) is 63.0 Å². The second-order valence-corrected chi connectivity index (χ2v) is 17.9. The van der Waals surface area contributed by atoms with Crippen LogP contribution in [-0.4, -0.2) is 23.5 Å². The molecular weight excluding hydrogens is 603 g/mol. The van der Waals surface area contributed by atoms with Gasteiger partial charge in [0.2, 0.25) is 0 Å². The molecule has 0 aromatic heterocycles. The van der Waals surface area contributed by atoms with Gasteiger partial charge in [-0.05, 0) is 168 Å². The average Bonchev–Trinajstić information content (AvgIpc) is 3.15. The molecule has 6 aliphatic rings. The molecule has 6 aliphatic carbocycles. The Bertz CT molecular complexity index is 1260. The van der Waals surface area contributed by atoms with Crippen molar-refractivity contribution in [3.8, 4) is 0 Å². The number of allylic oxidation sites excluding steroid dienone is 9. The molecule has 7 unspecified atom stereocenters. The summed E-state index contributed by atoms with van der Waals surface area (Å²) in [6, 6.07) is 1.44. The van der Waals surface area contributed by atoms with E-state index in [0.717, 1.165) is 41.5 Å². The summed E-state index contributed by atoms with van der Waals surface area (Å²) in [4.78, 5) is 3.15. The van der Waals surface area contributed by atoms with Crippen molar-refractivity contribution in [3.63, 3.8) is 0 Å². The lowest BCUT2D eigenvalue weighted by Gasteiger charge is -2.51. The van der Waals surface area contributed by atoms with Gasteiger partial charge >= 0.3 is 0 Å². The molecule has 4 saturated carbocycles. The van der Waals surface area contributed by atoms with Crippen LogP contribution in [0.5, 0.6) is 0 Å². The van der Waals surface area contributed by atoms with Crippen molar-refractivity contribution in [1.29, 1.82) is 0 Å². The Morgan fingerprint density at radius 2 is 1.58 bits per heavy atom. The average molecular weight is 680 g/mol. The van der Waals surface area contributed by atoms with Crippen molar-refractivity contribution in [1.82, 2.24) is 4.90 Å². The number of nitrogens with zero attached hydrogens (tertiary/aromatic N) is 1. The third kappa shape index (κ3) is 8.95. The maximum Gasteiger partial charge on any atom is 0.0139 e. The predicted molar refractivity (Wildman–Crippen MR) is 218 cm³/mol. The highest BCUT2D eigenvalue weighted by atomic mass is 15.2. The van der Waals surface area contributed by atoms with Crippen molar-refractivity contribution in [2.24, 2.45) is 35.5 Å². The zero-order valence-corrected chi connectivity index (χ0v) is 33.3. The second-order valence-electron chi connectivity index (χ2n) is 17.9. The molecule has 0 spiro atoms. The quantitative estimate of drug-likeness (QED) is 0.138. The van der Waals surface area contributed by atoms with Gasteiger partial charge in [0, 0.05) is 18.6 Å². The maximum atomic E-state index is 4.83. The van der Waals surface area contributed by atoms with E-state index in [1.807, 2.05) is 16.7 Å². The highest BCUT2D eigenvalue weighted by Gasteiger charge is 2.45. The molecule has 0 heterocycles. The summed E-state index contributed by atoms with van der Waals surface area (Å²) in [6.45, 7) is 15.7. The van der Waals surface area contributed by atoms with Gasteiger partial charge < -0.3 is 0 Å². The van der Waals surface area contributed by atoms with E-state index in [1.54, 1.807) is 11.1 Å². The molecule has 0 aromatic rings. The van der Waals surface area contributed by atoms with Crippen molar-refractivity contribution in [2.75, 3.05) is 6.54 Å². The zero-order valence-electron chi connectivity index (χ0n) is 33.3. The predicted octanol–water partition coefficient (Wildman–Crippen LogP) is 14.4. The summed E-state index contributed by atoms with van der Waals surface area (Å²) in [7, 11) is 0. The van der Waals surface area contributed by atoms with Crippen LogP contribution in [0.15, 0.2) is 70.4 Å². The third-order valence-electron chi connectivity index (χ3n) is 14.8. The Kier molecular flexibility index (Phi) is 14.4. The van der Waals surface area contributed by atoms with Gasteiger partial charge in [0.25, 0.3) is 0 Å². The van der Waals surface area contributed by atoms with Crippen LogP contribution in [0.25, 0.3) is 0 Å². The fourth-order valence-corrected chi connectivity index (χ4v) is 12.1. The second kappa shape index (κ2) is 18.9. The van der Waals surface area contributed by atoms with Gasteiger partial charge in [-0.3, -0.25) is 4.90 Å². The van der Waals surface area contributed by atoms with Crippen LogP contribution >= 0.6 is 0 Å². The van der Waals surface area contributed by atoms with Crippen LogP contribution in [0, 0.1) is 35.5 Å². The SMILES string of the molecule is C=C(/C=C\CCC)C1=C2CCCCC2C(C2CCCCC2)C2=C1CCC(N(CC/C=C1/CCCCC1CC)C1CCC(C)C(/C=C\CC)C1)C2. The van der Waals surface area contributed by atoms with Gasteiger partial charge in [0.05, 0.1) is 0 Å². The van der Waals surface area contributed by atoms with Crippen LogP contribution < -0.4 is 0 Å². The highest BCUT2D eigenvalue weighted by molar-refractivity contribution is 5.59. The van der Waals surface area contributed by atoms with Crippen LogP contribution in [0.2, 0.25) is 0 Å². The molecule has 278 valence electrons. The molecular formula is C49H77N. The molecule has 0 amide bonds. The Morgan fingerprint density at radius 1 is 0.780 bits per heavy atom. The van der Waals surface area contributed by atoms with E-state index in [0.29, 0.717) is 6.04 Å². The lowest BCUT2D eigenvalue weighted by Crippen LogP contribution is -2.49. The first-order valence-corrected chi connectivity index (χ1v) is 22.5. The Balaban J connectivity index is 1.34. The fourth-order valence-electron chi connectivity index (χ4n) is 12.1. The van der Waals surface area contributed by atoms with Crippen LogP contribution in [0.1, 0.15) is 182 Å². The Labute approximate surface area is 310 Å². The minimum Gasteiger partial charge on any atom is -0.297 e. The Hall–Kier alpha value is -1.60. The molecule has 0 aromatic carbocycles. The molecule has 0 saturated heterocycles. The lowest BCUT2D eigenvalue weighted by atomic mass is 9.57. The van der Waals surface area contributed by atoms with Crippen molar-refractivity contribution in [2.45, 2.75) is 194 Å². The van der Waals surface area contributed by atoms with Crippen LogP contribution in [0.4, 0.5) is 0 Å². The summed E-state index contributed by atoms with van der Waals surface area (Å²) >= 11 is 0. The largest absolute Gasteiger partial charge is 0.297 e. The molecule has 0 radical (unpaired) electrons. The van der Waals surface area contributed by atoms with Crippen molar-refractivity contribution in [3.05, 3.63) is 70.4 Å². The fraction of sp³-hybridized carbons (Fsp3) is 0.755. The van der Waals surface area contributed by atoms with E-state index in [4.69, 9.17) is 6.58 Å². The van der Waals surface area contributed by atoms with Crippen LogP contribution in [-0.2, 0) is 0 Å². The molecule has 4 fully saturated rings. The number of hydrogen-bond donors (Lipinski definition) is 0. The molecule has 0 N–H and O–H groups in total.